The molecule has 114 valence electrons. The molecular formula is C15H18Cl2N2O2. The van der Waals surface area contributed by atoms with Gasteiger partial charge in [0.1, 0.15) is 0 Å². The number of hydrogen-bond donors (Lipinski definition) is 1. The van der Waals surface area contributed by atoms with E-state index in [0.29, 0.717) is 48.8 Å². The van der Waals surface area contributed by atoms with Gasteiger partial charge < -0.3 is 10.6 Å². The molecule has 2 amide bonds. The molecule has 1 aliphatic heterocycles. The predicted molar refractivity (Wildman–Crippen MR) is 83.3 cm³/mol. The number of nitrogens with two attached hydrogens (primary N) is 1. The molecule has 1 aliphatic rings. The van der Waals surface area contributed by atoms with Crippen LogP contribution in [0.15, 0.2) is 18.2 Å². The summed E-state index contributed by atoms with van der Waals surface area (Å²) in [5.41, 5.74) is 6.16. The second kappa shape index (κ2) is 7.14. The van der Waals surface area contributed by atoms with E-state index in [9.17, 15) is 9.59 Å². The van der Waals surface area contributed by atoms with Crippen LogP contribution in [-0.4, -0.2) is 29.8 Å². The molecule has 21 heavy (non-hydrogen) atoms. The molecule has 0 aromatic heterocycles. The molecule has 1 aromatic carbocycles. The van der Waals surface area contributed by atoms with Crippen molar-refractivity contribution >= 4 is 35.0 Å². The SMILES string of the molecule is NC(=O)C1CCN(C(=O)CCc2cccc(Cl)c2Cl)CC1. The second-order valence-corrected chi connectivity index (χ2v) is 6.06. The van der Waals surface area contributed by atoms with Crippen LogP contribution < -0.4 is 5.73 Å². The fourth-order valence-corrected chi connectivity index (χ4v) is 2.97. The van der Waals surface area contributed by atoms with Crippen molar-refractivity contribution in [2.45, 2.75) is 25.7 Å². The lowest BCUT2D eigenvalue weighted by atomic mass is 9.96. The van der Waals surface area contributed by atoms with E-state index in [1.807, 2.05) is 12.1 Å². The van der Waals surface area contributed by atoms with Crippen LogP contribution in [0, 0.1) is 5.92 Å². The Bertz CT molecular complexity index is 540. The zero-order valence-electron chi connectivity index (χ0n) is 11.6. The number of primary amides is 1. The highest BCUT2D eigenvalue weighted by molar-refractivity contribution is 6.42. The number of benzene rings is 1. The Labute approximate surface area is 134 Å². The van der Waals surface area contributed by atoms with Crippen molar-refractivity contribution in [1.29, 1.82) is 0 Å². The van der Waals surface area contributed by atoms with Crippen molar-refractivity contribution in [3.8, 4) is 0 Å². The molecule has 2 rings (SSSR count). The molecule has 4 nitrogen and oxygen atoms in total. The van der Waals surface area contributed by atoms with Crippen LogP contribution in [0.1, 0.15) is 24.8 Å². The van der Waals surface area contributed by atoms with Crippen LogP contribution in [0.25, 0.3) is 0 Å². The average molecular weight is 329 g/mol. The predicted octanol–water partition coefficient (Wildman–Crippen LogP) is 2.65. The van der Waals surface area contributed by atoms with E-state index in [4.69, 9.17) is 28.9 Å². The molecule has 0 bridgehead atoms. The second-order valence-electron chi connectivity index (χ2n) is 5.27. The first-order chi connectivity index (χ1) is 9.99. The number of piperidine rings is 1. The van der Waals surface area contributed by atoms with Gasteiger partial charge in [0.05, 0.1) is 10.0 Å². The van der Waals surface area contributed by atoms with Crippen molar-refractivity contribution in [1.82, 2.24) is 4.90 Å². The maximum absolute atomic E-state index is 12.2. The van der Waals surface area contributed by atoms with Crippen LogP contribution in [0.3, 0.4) is 0 Å². The first-order valence-electron chi connectivity index (χ1n) is 6.99. The Balaban J connectivity index is 1.85. The van der Waals surface area contributed by atoms with Crippen molar-refractivity contribution < 1.29 is 9.59 Å². The third-order valence-corrected chi connectivity index (χ3v) is 4.75. The van der Waals surface area contributed by atoms with Crippen molar-refractivity contribution in [3.63, 3.8) is 0 Å². The van der Waals surface area contributed by atoms with Gasteiger partial charge >= 0.3 is 0 Å². The van der Waals surface area contributed by atoms with Gasteiger partial charge in [-0.15, -0.1) is 0 Å². The molecule has 1 heterocycles. The number of halogens is 2. The third-order valence-electron chi connectivity index (χ3n) is 3.89. The zero-order valence-corrected chi connectivity index (χ0v) is 13.2. The van der Waals surface area contributed by atoms with Gasteiger partial charge in [-0.2, -0.15) is 0 Å². The monoisotopic (exact) mass is 328 g/mol. The van der Waals surface area contributed by atoms with E-state index in [1.54, 1.807) is 11.0 Å². The summed E-state index contributed by atoms with van der Waals surface area (Å²) < 4.78 is 0. The van der Waals surface area contributed by atoms with Crippen molar-refractivity contribution in [2.75, 3.05) is 13.1 Å². The summed E-state index contributed by atoms with van der Waals surface area (Å²) in [5.74, 6) is -0.293. The van der Waals surface area contributed by atoms with Crippen LogP contribution in [-0.2, 0) is 16.0 Å². The summed E-state index contributed by atoms with van der Waals surface area (Å²) in [6.07, 6.45) is 2.26. The summed E-state index contributed by atoms with van der Waals surface area (Å²) in [5, 5.41) is 1.02. The summed E-state index contributed by atoms with van der Waals surface area (Å²) in [4.78, 5) is 25.1. The summed E-state index contributed by atoms with van der Waals surface area (Å²) in [6, 6.07) is 5.43. The highest BCUT2D eigenvalue weighted by atomic mass is 35.5. The summed E-state index contributed by atoms with van der Waals surface area (Å²) >= 11 is 12.1. The van der Waals surface area contributed by atoms with Gasteiger partial charge in [0.25, 0.3) is 0 Å². The lowest BCUT2D eigenvalue weighted by molar-refractivity contribution is -0.134. The van der Waals surface area contributed by atoms with Gasteiger partial charge in [-0.3, -0.25) is 9.59 Å². The number of hydrogen-bond acceptors (Lipinski definition) is 2. The molecule has 0 aliphatic carbocycles. The summed E-state index contributed by atoms with van der Waals surface area (Å²) in [7, 11) is 0. The summed E-state index contributed by atoms with van der Waals surface area (Å²) in [6.45, 7) is 1.19. The fraction of sp³-hybridized carbons (Fsp3) is 0.467. The largest absolute Gasteiger partial charge is 0.369 e. The number of nitrogens with zero attached hydrogens (tertiary/aromatic N) is 1. The van der Waals surface area contributed by atoms with Crippen molar-refractivity contribution in [2.24, 2.45) is 11.7 Å². The molecule has 0 unspecified atom stereocenters. The molecular weight excluding hydrogens is 311 g/mol. The molecule has 1 fully saturated rings. The smallest absolute Gasteiger partial charge is 0.222 e. The van der Waals surface area contributed by atoms with E-state index in [0.717, 1.165) is 5.56 Å². The lowest BCUT2D eigenvalue weighted by Crippen LogP contribution is -2.41. The maximum Gasteiger partial charge on any atom is 0.222 e. The number of carbonyl (C=O) groups is 2. The minimum Gasteiger partial charge on any atom is -0.369 e. The van der Waals surface area contributed by atoms with Crippen LogP contribution in [0.2, 0.25) is 10.0 Å². The Hall–Kier alpha value is -1.26. The van der Waals surface area contributed by atoms with Gasteiger partial charge in [-0.05, 0) is 30.9 Å². The molecule has 6 heteroatoms. The van der Waals surface area contributed by atoms with E-state index >= 15 is 0 Å². The minimum atomic E-state index is -0.271. The molecule has 0 atom stereocenters. The fourth-order valence-electron chi connectivity index (χ4n) is 2.55. The molecule has 0 spiro atoms. The molecule has 1 saturated heterocycles. The molecule has 0 saturated carbocycles. The number of amides is 2. The Kier molecular flexibility index (Phi) is 5.48. The molecule has 1 aromatic rings. The van der Waals surface area contributed by atoms with E-state index in [-0.39, 0.29) is 17.7 Å². The zero-order chi connectivity index (χ0) is 15.4. The van der Waals surface area contributed by atoms with Gasteiger partial charge in [-0.1, -0.05) is 35.3 Å². The topological polar surface area (TPSA) is 63.4 Å². The third kappa shape index (κ3) is 4.11. The first kappa shape index (κ1) is 16.1. The Morgan fingerprint density at radius 2 is 1.90 bits per heavy atom. The number of aryl methyl sites for hydroxylation is 1. The van der Waals surface area contributed by atoms with Crippen LogP contribution in [0.4, 0.5) is 0 Å². The van der Waals surface area contributed by atoms with E-state index < -0.39 is 0 Å². The molecule has 0 radical (unpaired) electrons. The first-order valence-corrected chi connectivity index (χ1v) is 7.74. The highest BCUT2D eigenvalue weighted by Crippen LogP contribution is 2.26. The lowest BCUT2D eigenvalue weighted by Gasteiger charge is -2.30. The minimum absolute atomic E-state index is 0.0777. The van der Waals surface area contributed by atoms with E-state index in [1.165, 1.54) is 0 Å². The number of rotatable bonds is 4. The van der Waals surface area contributed by atoms with E-state index in [2.05, 4.69) is 0 Å². The maximum atomic E-state index is 12.2. The van der Waals surface area contributed by atoms with Gasteiger partial charge in [0, 0.05) is 25.4 Å². The van der Waals surface area contributed by atoms with Crippen LogP contribution in [0.5, 0.6) is 0 Å². The van der Waals surface area contributed by atoms with Gasteiger partial charge in [0.15, 0.2) is 0 Å². The number of carbonyl (C=O) groups excluding carboxylic acids is 2. The Morgan fingerprint density at radius 1 is 1.24 bits per heavy atom. The number of likely N-dealkylation sites (tertiary alicyclic amines) is 1. The average Bonchev–Trinajstić information content (AvgIpc) is 2.48. The molecule has 2 N–H and O–H groups in total. The standard InChI is InChI=1S/C15H18Cl2N2O2/c16-12-3-1-2-10(14(12)17)4-5-13(20)19-8-6-11(7-9-19)15(18)21/h1-3,11H,4-9H2,(H2,18,21). The van der Waals surface area contributed by atoms with Crippen LogP contribution >= 0.6 is 23.2 Å². The highest BCUT2D eigenvalue weighted by Gasteiger charge is 2.25. The quantitative estimate of drug-likeness (QED) is 0.923. The Morgan fingerprint density at radius 3 is 2.52 bits per heavy atom. The normalized spacial score (nSPS) is 16.0. The van der Waals surface area contributed by atoms with Gasteiger partial charge in [0.2, 0.25) is 11.8 Å². The van der Waals surface area contributed by atoms with Gasteiger partial charge in [-0.25, -0.2) is 0 Å². The van der Waals surface area contributed by atoms with Crippen molar-refractivity contribution in [3.05, 3.63) is 33.8 Å².